The predicted octanol–water partition coefficient (Wildman–Crippen LogP) is 4.69. The number of rotatable bonds is 5. The Bertz CT molecular complexity index is 827. The van der Waals surface area contributed by atoms with E-state index in [1.165, 1.54) is 5.69 Å². The summed E-state index contributed by atoms with van der Waals surface area (Å²) < 4.78 is 7.73. The minimum Gasteiger partial charge on any atom is -0.492 e. The van der Waals surface area contributed by atoms with Crippen molar-refractivity contribution in [2.45, 2.75) is 52.1 Å². The quantitative estimate of drug-likeness (QED) is 0.672. The molecule has 3 rings (SSSR count). The molecule has 0 unspecified atom stereocenters. The molecule has 1 aromatic carbocycles. The van der Waals surface area contributed by atoms with Crippen LogP contribution in [-0.2, 0) is 23.3 Å². The summed E-state index contributed by atoms with van der Waals surface area (Å²) in [7, 11) is 0. The maximum absolute atomic E-state index is 12.5. The summed E-state index contributed by atoms with van der Waals surface area (Å²) in [4.78, 5) is 14.4. The molecular formula is C20H25Cl2N3O2. The smallest absolute Gasteiger partial charge is 0.223 e. The highest BCUT2D eigenvalue weighted by molar-refractivity contribution is 6.35. The molecule has 0 atom stereocenters. The first-order valence-corrected chi connectivity index (χ1v) is 9.93. The van der Waals surface area contributed by atoms with Gasteiger partial charge in [0.15, 0.2) is 0 Å². The van der Waals surface area contributed by atoms with Gasteiger partial charge >= 0.3 is 0 Å². The molecule has 0 spiro atoms. The van der Waals surface area contributed by atoms with Crippen LogP contribution in [0.3, 0.4) is 0 Å². The lowest BCUT2D eigenvalue weighted by atomic mass is 10.0. The summed E-state index contributed by atoms with van der Waals surface area (Å²) in [5, 5.41) is 5.57. The summed E-state index contributed by atoms with van der Waals surface area (Å²) in [5.41, 5.74) is 2.35. The zero-order chi connectivity index (χ0) is 19.6. The molecule has 2 aromatic rings. The fraction of sp³-hybridized carbons (Fsp3) is 0.500. The monoisotopic (exact) mass is 409 g/mol. The van der Waals surface area contributed by atoms with E-state index in [1.54, 1.807) is 18.2 Å². The highest BCUT2D eigenvalue weighted by Gasteiger charge is 2.27. The minimum atomic E-state index is -0.0416. The molecule has 0 saturated heterocycles. The van der Waals surface area contributed by atoms with Crippen molar-refractivity contribution in [1.29, 1.82) is 0 Å². The van der Waals surface area contributed by atoms with Crippen LogP contribution >= 0.6 is 23.2 Å². The molecule has 0 aliphatic carbocycles. The van der Waals surface area contributed by atoms with E-state index in [4.69, 9.17) is 27.9 Å². The first-order valence-electron chi connectivity index (χ1n) is 9.17. The van der Waals surface area contributed by atoms with Gasteiger partial charge in [-0.2, -0.15) is 5.10 Å². The van der Waals surface area contributed by atoms with Crippen molar-refractivity contribution in [2.75, 3.05) is 13.2 Å². The summed E-state index contributed by atoms with van der Waals surface area (Å²) in [6.45, 7) is 8.24. The van der Waals surface area contributed by atoms with E-state index in [2.05, 4.69) is 30.6 Å². The zero-order valence-corrected chi connectivity index (χ0v) is 17.5. The Balaban J connectivity index is 1.49. The van der Waals surface area contributed by atoms with Crippen LogP contribution in [0.5, 0.6) is 5.75 Å². The van der Waals surface area contributed by atoms with E-state index in [-0.39, 0.29) is 11.4 Å². The number of amides is 1. The molecule has 2 heterocycles. The average molecular weight is 410 g/mol. The number of carbonyl (C=O) groups is 1. The van der Waals surface area contributed by atoms with Crippen LogP contribution in [0.2, 0.25) is 10.0 Å². The first kappa shape index (κ1) is 20.0. The number of hydrogen-bond donors (Lipinski definition) is 0. The summed E-state index contributed by atoms with van der Waals surface area (Å²) >= 11 is 12.0. The number of nitrogens with zero attached hydrogens (tertiary/aromatic N) is 3. The van der Waals surface area contributed by atoms with Crippen LogP contribution in [-0.4, -0.2) is 33.7 Å². The zero-order valence-electron chi connectivity index (χ0n) is 16.0. The minimum absolute atomic E-state index is 0.0416. The average Bonchev–Trinajstić information content (AvgIpc) is 3.03. The van der Waals surface area contributed by atoms with Gasteiger partial charge < -0.3 is 9.64 Å². The van der Waals surface area contributed by atoms with Crippen molar-refractivity contribution in [3.05, 3.63) is 45.7 Å². The first-order chi connectivity index (χ1) is 12.8. The highest BCUT2D eigenvalue weighted by Crippen LogP contribution is 2.28. The normalized spacial score (nSPS) is 14.2. The van der Waals surface area contributed by atoms with E-state index in [1.807, 2.05) is 11.1 Å². The molecule has 146 valence electrons. The molecule has 1 amide bonds. The van der Waals surface area contributed by atoms with Gasteiger partial charge in [-0.3, -0.25) is 9.48 Å². The van der Waals surface area contributed by atoms with Crippen molar-refractivity contribution in [3.63, 3.8) is 0 Å². The molecule has 1 aliphatic rings. The Morgan fingerprint density at radius 3 is 2.78 bits per heavy atom. The maximum atomic E-state index is 12.5. The predicted molar refractivity (Wildman–Crippen MR) is 108 cm³/mol. The topological polar surface area (TPSA) is 47.4 Å². The number of ether oxygens (including phenoxy) is 1. The summed E-state index contributed by atoms with van der Waals surface area (Å²) in [6, 6.07) is 5.12. The highest BCUT2D eigenvalue weighted by atomic mass is 35.5. The van der Waals surface area contributed by atoms with Gasteiger partial charge in [0.1, 0.15) is 5.75 Å². The number of halogens is 2. The second-order valence-electron chi connectivity index (χ2n) is 7.79. The van der Waals surface area contributed by atoms with Gasteiger partial charge in [0.2, 0.25) is 5.91 Å². The molecule has 0 N–H and O–H groups in total. The molecule has 0 fully saturated rings. The van der Waals surface area contributed by atoms with E-state index in [0.717, 1.165) is 18.5 Å². The molecule has 1 aliphatic heterocycles. The van der Waals surface area contributed by atoms with Gasteiger partial charge in [0.25, 0.3) is 0 Å². The Labute approximate surface area is 170 Å². The third-order valence-electron chi connectivity index (χ3n) is 4.61. The Morgan fingerprint density at radius 1 is 1.30 bits per heavy atom. The molecule has 0 bridgehead atoms. The summed E-state index contributed by atoms with van der Waals surface area (Å²) in [5.74, 6) is 0.737. The van der Waals surface area contributed by atoms with Gasteiger partial charge in [0.05, 0.1) is 23.4 Å². The molecular weight excluding hydrogens is 385 g/mol. The molecule has 27 heavy (non-hydrogen) atoms. The summed E-state index contributed by atoms with van der Waals surface area (Å²) in [6.07, 6.45) is 3.83. The Kier molecular flexibility index (Phi) is 6.02. The fourth-order valence-electron chi connectivity index (χ4n) is 3.28. The largest absolute Gasteiger partial charge is 0.492 e. The van der Waals surface area contributed by atoms with Crippen molar-refractivity contribution in [1.82, 2.24) is 14.7 Å². The van der Waals surface area contributed by atoms with Gasteiger partial charge in [-0.25, -0.2) is 0 Å². The number of hydrogen-bond acceptors (Lipinski definition) is 3. The third-order valence-corrected chi connectivity index (χ3v) is 5.14. The third kappa shape index (κ3) is 4.77. The lowest BCUT2D eigenvalue weighted by Gasteiger charge is -2.30. The van der Waals surface area contributed by atoms with Crippen LogP contribution in [0.1, 0.15) is 44.9 Å². The number of benzene rings is 1. The van der Waals surface area contributed by atoms with E-state index in [0.29, 0.717) is 41.8 Å². The lowest BCUT2D eigenvalue weighted by molar-refractivity contribution is -0.132. The van der Waals surface area contributed by atoms with E-state index >= 15 is 0 Å². The van der Waals surface area contributed by atoms with Crippen LogP contribution in [0.4, 0.5) is 0 Å². The van der Waals surface area contributed by atoms with Gasteiger partial charge in [-0.1, -0.05) is 23.2 Å². The van der Waals surface area contributed by atoms with Crippen LogP contribution in [0.15, 0.2) is 24.4 Å². The second-order valence-corrected chi connectivity index (χ2v) is 8.63. The number of fused-ring (bicyclic) bond motifs is 1. The number of carbonyl (C=O) groups excluding carboxylic acids is 1. The molecule has 5 nitrogen and oxygen atoms in total. The van der Waals surface area contributed by atoms with Gasteiger partial charge in [-0.15, -0.1) is 0 Å². The lowest BCUT2D eigenvalue weighted by Crippen LogP contribution is -2.37. The van der Waals surface area contributed by atoms with Crippen LogP contribution in [0, 0.1) is 0 Å². The van der Waals surface area contributed by atoms with Crippen LogP contribution < -0.4 is 4.74 Å². The van der Waals surface area contributed by atoms with Crippen molar-refractivity contribution in [3.8, 4) is 5.75 Å². The van der Waals surface area contributed by atoms with Crippen molar-refractivity contribution < 1.29 is 9.53 Å². The van der Waals surface area contributed by atoms with Crippen molar-refractivity contribution in [2.24, 2.45) is 0 Å². The standard InChI is InChI=1S/C20H25Cl2N3O2/c1-20(2,3)25-17-8-9-24(13-14(17)12-23-25)19(26)5-4-10-27-18-7-6-15(21)11-16(18)22/h6-7,11-12H,4-5,8-10,13H2,1-3H3. The Morgan fingerprint density at radius 2 is 2.07 bits per heavy atom. The van der Waals surface area contributed by atoms with Gasteiger partial charge in [0, 0.05) is 42.2 Å². The molecule has 0 radical (unpaired) electrons. The van der Waals surface area contributed by atoms with Crippen LogP contribution in [0.25, 0.3) is 0 Å². The van der Waals surface area contributed by atoms with E-state index in [9.17, 15) is 4.79 Å². The molecule has 1 aromatic heterocycles. The van der Waals surface area contributed by atoms with E-state index < -0.39 is 0 Å². The maximum Gasteiger partial charge on any atom is 0.223 e. The number of aromatic nitrogens is 2. The Hall–Kier alpha value is -1.72. The second kappa shape index (κ2) is 8.11. The SMILES string of the molecule is CC(C)(C)n1ncc2c1CCN(C(=O)CCCOc1ccc(Cl)cc1Cl)C2. The molecule has 0 saturated carbocycles. The fourth-order valence-corrected chi connectivity index (χ4v) is 3.74. The van der Waals surface area contributed by atoms with Gasteiger partial charge in [-0.05, 0) is 45.4 Å². The van der Waals surface area contributed by atoms with Crippen molar-refractivity contribution >= 4 is 29.1 Å². The molecule has 7 heteroatoms.